The minimum absolute atomic E-state index is 0.180. The van der Waals surface area contributed by atoms with Gasteiger partial charge in [-0.25, -0.2) is 0 Å². The Morgan fingerprint density at radius 2 is 2.00 bits per heavy atom. The number of aryl methyl sites for hydroxylation is 1. The van der Waals surface area contributed by atoms with Gasteiger partial charge in [-0.3, -0.25) is 0 Å². The molecule has 0 saturated heterocycles. The van der Waals surface area contributed by atoms with Crippen LogP contribution in [0.15, 0.2) is 18.2 Å². The average Bonchev–Trinajstić information content (AvgIpc) is 2.22. The molecular formula is C14H22ClN. The van der Waals surface area contributed by atoms with Crippen molar-refractivity contribution >= 4 is 11.6 Å². The fraction of sp³-hybridized carbons (Fsp3) is 0.571. The molecule has 0 amide bonds. The van der Waals surface area contributed by atoms with E-state index in [2.05, 4.69) is 44.3 Å². The van der Waals surface area contributed by atoms with Crippen molar-refractivity contribution < 1.29 is 0 Å². The largest absolute Gasteiger partial charge is 0.317 e. The van der Waals surface area contributed by atoms with Crippen LogP contribution in [0.3, 0.4) is 0 Å². The standard InChI is InChI=1S/C14H22ClN/c1-5-16-9-8-14(3,4)12-7-6-11(2)13(15)10-12/h6-7,10,16H,5,8-9H2,1-4H3. The van der Waals surface area contributed by atoms with Crippen LogP contribution in [-0.4, -0.2) is 13.1 Å². The van der Waals surface area contributed by atoms with Crippen LogP contribution in [0.5, 0.6) is 0 Å². The molecule has 0 heterocycles. The van der Waals surface area contributed by atoms with Crippen molar-refractivity contribution in [2.45, 2.75) is 39.5 Å². The summed E-state index contributed by atoms with van der Waals surface area (Å²) in [6.45, 7) is 10.8. The van der Waals surface area contributed by atoms with Crippen LogP contribution < -0.4 is 5.32 Å². The first-order valence-corrected chi connectivity index (χ1v) is 6.32. The van der Waals surface area contributed by atoms with E-state index in [1.54, 1.807) is 0 Å². The first-order valence-electron chi connectivity index (χ1n) is 5.94. The molecule has 1 aromatic rings. The molecule has 0 aliphatic carbocycles. The molecule has 0 atom stereocenters. The van der Waals surface area contributed by atoms with Gasteiger partial charge in [0.25, 0.3) is 0 Å². The predicted octanol–water partition coefficient (Wildman–Crippen LogP) is 3.93. The van der Waals surface area contributed by atoms with Crippen molar-refractivity contribution in [3.63, 3.8) is 0 Å². The molecule has 0 aromatic heterocycles. The van der Waals surface area contributed by atoms with E-state index in [1.807, 2.05) is 6.92 Å². The van der Waals surface area contributed by atoms with Crippen LogP contribution in [0, 0.1) is 6.92 Å². The number of halogens is 1. The summed E-state index contributed by atoms with van der Waals surface area (Å²) in [5, 5.41) is 4.24. The topological polar surface area (TPSA) is 12.0 Å². The SMILES string of the molecule is CCNCCC(C)(C)c1ccc(C)c(Cl)c1. The third-order valence-corrected chi connectivity index (χ3v) is 3.54. The van der Waals surface area contributed by atoms with Crippen molar-refractivity contribution in [1.29, 1.82) is 0 Å². The number of hydrogen-bond donors (Lipinski definition) is 1. The fourth-order valence-electron chi connectivity index (χ4n) is 1.74. The Balaban J connectivity index is 2.76. The van der Waals surface area contributed by atoms with E-state index < -0.39 is 0 Å². The smallest absolute Gasteiger partial charge is 0.0438 e. The normalized spacial score (nSPS) is 11.8. The van der Waals surface area contributed by atoms with Crippen molar-refractivity contribution in [2.24, 2.45) is 0 Å². The Kier molecular flexibility index (Phi) is 4.82. The van der Waals surface area contributed by atoms with Crippen LogP contribution in [0.4, 0.5) is 0 Å². The monoisotopic (exact) mass is 239 g/mol. The Morgan fingerprint density at radius 3 is 2.56 bits per heavy atom. The first kappa shape index (κ1) is 13.5. The Bertz CT molecular complexity index is 345. The van der Waals surface area contributed by atoms with Crippen LogP contribution >= 0.6 is 11.6 Å². The molecule has 90 valence electrons. The van der Waals surface area contributed by atoms with Gasteiger partial charge >= 0.3 is 0 Å². The Morgan fingerprint density at radius 1 is 1.31 bits per heavy atom. The van der Waals surface area contributed by atoms with Crippen molar-refractivity contribution in [3.8, 4) is 0 Å². The fourth-order valence-corrected chi connectivity index (χ4v) is 1.92. The zero-order chi connectivity index (χ0) is 12.2. The van der Waals surface area contributed by atoms with Gasteiger partial charge in [0.2, 0.25) is 0 Å². The van der Waals surface area contributed by atoms with Gasteiger partial charge in [0, 0.05) is 5.02 Å². The summed E-state index contributed by atoms with van der Waals surface area (Å²) in [5.41, 5.74) is 2.65. The van der Waals surface area contributed by atoms with Gasteiger partial charge in [-0.15, -0.1) is 0 Å². The average molecular weight is 240 g/mol. The third kappa shape index (κ3) is 3.50. The molecule has 0 aliphatic heterocycles. The molecule has 0 saturated carbocycles. The molecule has 0 spiro atoms. The number of hydrogen-bond acceptors (Lipinski definition) is 1. The van der Waals surface area contributed by atoms with E-state index in [0.29, 0.717) is 0 Å². The molecule has 0 fully saturated rings. The van der Waals surface area contributed by atoms with Crippen molar-refractivity contribution in [1.82, 2.24) is 5.32 Å². The second-order valence-corrected chi connectivity index (χ2v) is 5.36. The zero-order valence-electron chi connectivity index (χ0n) is 10.7. The lowest BCUT2D eigenvalue weighted by molar-refractivity contribution is 0.461. The molecule has 1 N–H and O–H groups in total. The van der Waals surface area contributed by atoms with Gasteiger partial charge in [-0.1, -0.05) is 44.5 Å². The van der Waals surface area contributed by atoms with Crippen LogP contribution in [0.1, 0.15) is 38.3 Å². The molecule has 0 radical (unpaired) electrons. The van der Waals surface area contributed by atoms with Crippen LogP contribution in [0.25, 0.3) is 0 Å². The molecule has 1 aromatic carbocycles. The highest BCUT2D eigenvalue weighted by Gasteiger charge is 2.20. The summed E-state index contributed by atoms with van der Waals surface area (Å²) in [7, 11) is 0. The summed E-state index contributed by atoms with van der Waals surface area (Å²) in [4.78, 5) is 0. The first-order chi connectivity index (χ1) is 7.47. The number of nitrogens with one attached hydrogen (secondary N) is 1. The Labute approximate surface area is 104 Å². The van der Waals surface area contributed by atoms with Crippen molar-refractivity contribution in [3.05, 3.63) is 34.3 Å². The minimum Gasteiger partial charge on any atom is -0.317 e. The van der Waals surface area contributed by atoms with Gasteiger partial charge in [0.05, 0.1) is 0 Å². The lowest BCUT2D eigenvalue weighted by Crippen LogP contribution is -2.25. The quantitative estimate of drug-likeness (QED) is 0.768. The van der Waals surface area contributed by atoms with E-state index in [0.717, 1.165) is 30.1 Å². The molecule has 1 rings (SSSR count). The molecule has 0 aliphatic rings. The zero-order valence-corrected chi connectivity index (χ0v) is 11.5. The third-order valence-electron chi connectivity index (χ3n) is 3.13. The summed E-state index contributed by atoms with van der Waals surface area (Å²) in [5.74, 6) is 0. The maximum Gasteiger partial charge on any atom is 0.0438 e. The maximum atomic E-state index is 6.17. The second-order valence-electron chi connectivity index (χ2n) is 4.95. The summed E-state index contributed by atoms with van der Waals surface area (Å²) >= 11 is 6.17. The van der Waals surface area contributed by atoms with E-state index in [4.69, 9.17) is 11.6 Å². The summed E-state index contributed by atoms with van der Waals surface area (Å²) < 4.78 is 0. The predicted molar refractivity (Wildman–Crippen MR) is 72.4 cm³/mol. The highest BCUT2D eigenvalue weighted by atomic mass is 35.5. The van der Waals surface area contributed by atoms with Gasteiger partial charge in [-0.2, -0.15) is 0 Å². The molecule has 1 nitrogen and oxygen atoms in total. The van der Waals surface area contributed by atoms with E-state index in [1.165, 1.54) is 5.56 Å². The highest BCUT2D eigenvalue weighted by Crippen LogP contribution is 2.29. The van der Waals surface area contributed by atoms with Crippen LogP contribution in [0.2, 0.25) is 5.02 Å². The van der Waals surface area contributed by atoms with E-state index in [9.17, 15) is 0 Å². The summed E-state index contributed by atoms with van der Waals surface area (Å²) in [6, 6.07) is 6.39. The van der Waals surface area contributed by atoms with E-state index in [-0.39, 0.29) is 5.41 Å². The maximum absolute atomic E-state index is 6.17. The number of rotatable bonds is 5. The molecule has 0 bridgehead atoms. The molecule has 0 unspecified atom stereocenters. The number of benzene rings is 1. The highest BCUT2D eigenvalue weighted by molar-refractivity contribution is 6.31. The summed E-state index contributed by atoms with van der Waals surface area (Å²) in [6.07, 6.45) is 1.13. The molecule has 16 heavy (non-hydrogen) atoms. The minimum atomic E-state index is 0.180. The van der Waals surface area contributed by atoms with Crippen molar-refractivity contribution in [2.75, 3.05) is 13.1 Å². The van der Waals surface area contributed by atoms with Crippen LogP contribution in [-0.2, 0) is 5.41 Å². The van der Waals surface area contributed by atoms with Gasteiger partial charge in [0.1, 0.15) is 0 Å². The van der Waals surface area contributed by atoms with Gasteiger partial charge in [-0.05, 0) is 49.0 Å². The molecular weight excluding hydrogens is 218 g/mol. The second kappa shape index (κ2) is 5.70. The Hall–Kier alpha value is -0.530. The van der Waals surface area contributed by atoms with E-state index >= 15 is 0 Å². The van der Waals surface area contributed by atoms with Gasteiger partial charge in [0.15, 0.2) is 0 Å². The lowest BCUT2D eigenvalue weighted by Gasteiger charge is -2.26. The molecule has 2 heteroatoms. The lowest BCUT2D eigenvalue weighted by atomic mass is 9.81. The van der Waals surface area contributed by atoms with Gasteiger partial charge < -0.3 is 5.32 Å².